The van der Waals surface area contributed by atoms with E-state index in [1.165, 1.54) is 11.4 Å². The van der Waals surface area contributed by atoms with E-state index in [-0.39, 0.29) is 17.2 Å². The molecule has 5 nitrogen and oxygen atoms in total. The van der Waals surface area contributed by atoms with Gasteiger partial charge in [0, 0.05) is 17.6 Å². The molecule has 0 saturated heterocycles. The van der Waals surface area contributed by atoms with Gasteiger partial charge in [-0.2, -0.15) is 4.31 Å². The Labute approximate surface area is 119 Å². The van der Waals surface area contributed by atoms with Crippen LogP contribution in [0.3, 0.4) is 0 Å². The molecule has 8 heteroatoms. The summed E-state index contributed by atoms with van der Waals surface area (Å²) in [5.41, 5.74) is 0. The molecule has 0 bridgehead atoms. The van der Waals surface area contributed by atoms with Crippen LogP contribution < -0.4 is 0 Å². The molecule has 0 aliphatic carbocycles. The van der Waals surface area contributed by atoms with Crippen LogP contribution in [-0.2, 0) is 19.6 Å². The molecule has 0 saturated carbocycles. The second-order valence-corrected chi connectivity index (χ2v) is 7.28. The molecule has 0 N–H and O–H groups in total. The van der Waals surface area contributed by atoms with E-state index < -0.39 is 16.0 Å². The summed E-state index contributed by atoms with van der Waals surface area (Å²) < 4.78 is 31.2. The van der Waals surface area contributed by atoms with Gasteiger partial charge in [0.2, 0.25) is 0 Å². The monoisotopic (exact) mass is 355 g/mol. The molecule has 0 radical (unpaired) electrons. The van der Waals surface area contributed by atoms with Gasteiger partial charge in [-0.3, -0.25) is 4.79 Å². The van der Waals surface area contributed by atoms with Crippen LogP contribution in [0.5, 0.6) is 0 Å². The van der Waals surface area contributed by atoms with Crippen molar-refractivity contribution in [1.29, 1.82) is 0 Å². The van der Waals surface area contributed by atoms with Crippen LogP contribution in [0.25, 0.3) is 0 Å². The third-order valence-corrected chi connectivity index (χ3v) is 6.93. The summed E-state index contributed by atoms with van der Waals surface area (Å²) in [7, 11) is -2.26. The van der Waals surface area contributed by atoms with Crippen molar-refractivity contribution in [2.24, 2.45) is 0 Å². The predicted molar refractivity (Wildman–Crippen MR) is 73.1 cm³/mol. The molecule has 0 aliphatic heterocycles. The number of hydrogen-bond donors (Lipinski definition) is 0. The molecule has 1 aromatic heterocycles. The van der Waals surface area contributed by atoms with Crippen molar-refractivity contribution in [3.8, 4) is 0 Å². The van der Waals surface area contributed by atoms with Gasteiger partial charge in [-0.05, 0) is 27.4 Å². The lowest BCUT2D eigenvalue weighted by atomic mass is 10.4. The Kier molecular flexibility index (Phi) is 5.77. The molecular formula is C10H14BrNO4S2. The normalized spacial score (nSPS) is 11.8. The first-order valence-corrected chi connectivity index (χ1v) is 8.34. The van der Waals surface area contributed by atoms with Crippen molar-refractivity contribution in [3.05, 3.63) is 15.9 Å². The fraction of sp³-hybridized carbons (Fsp3) is 0.500. The van der Waals surface area contributed by atoms with E-state index in [4.69, 9.17) is 0 Å². The van der Waals surface area contributed by atoms with Crippen LogP contribution in [0, 0.1) is 0 Å². The highest BCUT2D eigenvalue weighted by Crippen LogP contribution is 2.30. The Morgan fingerprint density at radius 1 is 1.56 bits per heavy atom. The summed E-state index contributed by atoms with van der Waals surface area (Å²) >= 11 is 4.35. The minimum atomic E-state index is -3.55. The lowest BCUT2D eigenvalue weighted by Crippen LogP contribution is -2.32. The third kappa shape index (κ3) is 3.53. The Hall–Kier alpha value is -0.440. The number of esters is 1. The highest BCUT2D eigenvalue weighted by Gasteiger charge is 2.26. The van der Waals surface area contributed by atoms with Crippen LogP contribution >= 0.6 is 27.3 Å². The standard InChI is InChI=1S/C10H14BrNO4S2/c1-3-12(6-4-9(13)16-2)18(14,15)10-8(11)5-7-17-10/h5,7H,3-4,6H2,1-2H3. The maximum absolute atomic E-state index is 12.3. The molecule has 0 unspecified atom stereocenters. The predicted octanol–water partition coefficient (Wildman–Crippen LogP) is 2.08. The van der Waals surface area contributed by atoms with Gasteiger partial charge in [-0.1, -0.05) is 6.92 Å². The zero-order valence-corrected chi connectivity index (χ0v) is 13.3. The molecule has 0 amide bonds. The number of sulfonamides is 1. The quantitative estimate of drug-likeness (QED) is 0.732. The van der Waals surface area contributed by atoms with E-state index in [0.29, 0.717) is 11.0 Å². The van der Waals surface area contributed by atoms with Crippen molar-refractivity contribution in [2.45, 2.75) is 17.6 Å². The molecule has 1 heterocycles. The lowest BCUT2D eigenvalue weighted by Gasteiger charge is -2.19. The SMILES string of the molecule is CCN(CCC(=O)OC)S(=O)(=O)c1sccc1Br. The summed E-state index contributed by atoms with van der Waals surface area (Å²) in [6.07, 6.45) is 0.0482. The van der Waals surface area contributed by atoms with Crippen molar-refractivity contribution >= 4 is 43.3 Å². The van der Waals surface area contributed by atoms with Crippen molar-refractivity contribution in [1.82, 2.24) is 4.31 Å². The smallest absolute Gasteiger partial charge is 0.306 e. The summed E-state index contributed by atoms with van der Waals surface area (Å²) in [4.78, 5) is 11.1. The summed E-state index contributed by atoms with van der Waals surface area (Å²) in [6, 6.07) is 1.69. The number of carbonyl (C=O) groups excluding carboxylic acids is 1. The topological polar surface area (TPSA) is 63.7 Å². The number of rotatable bonds is 6. The third-order valence-electron chi connectivity index (χ3n) is 2.30. The average molecular weight is 356 g/mol. The van der Waals surface area contributed by atoms with Crippen LogP contribution in [0.2, 0.25) is 0 Å². The van der Waals surface area contributed by atoms with Crippen molar-refractivity contribution in [2.75, 3.05) is 20.2 Å². The highest BCUT2D eigenvalue weighted by molar-refractivity contribution is 9.10. The second kappa shape index (κ2) is 6.65. The van der Waals surface area contributed by atoms with Gasteiger partial charge in [0.1, 0.15) is 4.21 Å². The van der Waals surface area contributed by atoms with Gasteiger partial charge in [0.15, 0.2) is 0 Å². The number of nitrogens with zero attached hydrogens (tertiary/aromatic N) is 1. The number of methoxy groups -OCH3 is 1. The van der Waals surface area contributed by atoms with Gasteiger partial charge < -0.3 is 4.74 Å². The number of hydrogen-bond acceptors (Lipinski definition) is 5. The van der Waals surface area contributed by atoms with E-state index in [2.05, 4.69) is 20.7 Å². The van der Waals surface area contributed by atoms with Crippen molar-refractivity contribution in [3.63, 3.8) is 0 Å². The van der Waals surface area contributed by atoms with Crippen molar-refractivity contribution < 1.29 is 17.9 Å². The van der Waals surface area contributed by atoms with Crippen LogP contribution in [0.4, 0.5) is 0 Å². The van der Waals surface area contributed by atoms with E-state index in [0.717, 1.165) is 11.3 Å². The average Bonchev–Trinajstić information content (AvgIpc) is 2.76. The van der Waals surface area contributed by atoms with E-state index >= 15 is 0 Å². The number of halogens is 1. The van der Waals surface area contributed by atoms with Gasteiger partial charge in [0.25, 0.3) is 10.0 Å². The first kappa shape index (κ1) is 15.6. The molecule has 1 rings (SSSR count). The molecule has 0 fully saturated rings. The van der Waals surface area contributed by atoms with E-state index in [9.17, 15) is 13.2 Å². The fourth-order valence-corrected chi connectivity index (χ4v) is 5.25. The largest absolute Gasteiger partial charge is 0.469 e. The molecule has 0 spiro atoms. The maximum Gasteiger partial charge on any atom is 0.306 e. The lowest BCUT2D eigenvalue weighted by molar-refractivity contribution is -0.140. The van der Waals surface area contributed by atoms with Crippen LogP contribution in [0.1, 0.15) is 13.3 Å². The molecule has 1 aromatic rings. The number of ether oxygens (including phenoxy) is 1. The Morgan fingerprint density at radius 3 is 2.67 bits per heavy atom. The Bertz CT molecular complexity index is 512. The van der Waals surface area contributed by atoms with Crippen LogP contribution in [0.15, 0.2) is 20.1 Å². The van der Waals surface area contributed by atoms with Gasteiger partial charge in [-0.15, -0.1) is 11.3 Å². The highest BCUT2D eigenvalue weighted by atomic mass is 79.9. The van der Waals surface area contributed by atoms with Gasteiger partial charge >= 0.3 is 5.97 Å². The summed E-state index contributed by atoms with van der Waals surface area (Å²) in [5.74, 6) is -0.422. The molecule has 0 aliphatic rings. The zero-order chi connectivity index (χ0) is 13.8. The second-order valence-electron chi connectivity index (χ2n) is 3.38. The molecule has 0 aromatic carbocycles. The first-order valence-electron chi connectivity index (χ1n) is 5.23. The van der Waals surface area contributed by atoms with Gasteiger partial charge in [0.05, 0.1) is 13.5 Å². The molecule has 18 heavy (non-hydrogen) atoms. The summed E-state index contributed by atoms with van der Waals surface area (Å²) in [6.45, 7) is 2.16. The molecule has 102 valence electrons. The Morgan fingerprint density at radius 2 is 2.22 bits per heavy atom. The van der Waals surface area contributed by atoms with Gasteiger partial charge in [-0.25, -0.2) is 8.42 Å². The first-order chi connectivity index (χ1) is 8.43. The van der Waals surface area contributed by atoms with E-state index in [1.807, 2.05) is 0 Å². The molecule has 0 atom stereocenters. The fourth-order valence-electron chi connectivity index (χ4n) is 1.35. The minimum Gasteiger partial charge on any atom is -0.469 e. The van der Waals surface area contributed by atoms with Crippen LogP contribution in [-0.4, -0.2) is 38.9 Å². The Balaban J connectivity index is 2.88. The molecular weight excluding hydrogens is 342 g/mol. The van der Waals surface area contributed by atoms with E-state index in [1.54, 1.807) is 18.4 Å². The maximum atomic E-state index is 12.3. The number of carbonyl (C=O) groups is 1. The minimum absolute atomic E-state index is 0.0482. The number of thiophene rings is 1. The zero-order valence-electron chi connectivity index (χ0n) is 10.1. The summed E-state index contributed by atoms with van der Waals surface area (Å²) in [5, 5.41) is 1.70.